The van der Waals surface area contributed by atoms with Crippen molar-refractivity contribution < 1.29 is 14.3 Å². The zero-order valence-electron chi connectivity index (χ0n) is 10.0. The lowest BCUT2D eigenvalue weighted by molar-refractivity contribution is 0.0600. The average Bonchev–Trinajstić information content (AvgIpc) is 2.85. The third-order valence-corrected chi connectivity index (χ3v) is 2.40. The number of ether oxygens (including phenoxy) is 1. The number of anilines is 1. The van der Waals surface area contributed by atoms with Crippen LogP contribution in [0, 0.1) is 0 Å². The Labute approximate surface area is 107 Å². The molecule has 0 aliphatic rings. The van der Waals surface area contributed by atoms with Crippen LogP contribution < -0.4 is 11.0 Å². The predicted molar refractivity (Wildman–Crippen MR) is 67.1 cm³/mol. The third kappa shape index (κ3) is 2.89. The first-order valence-electron chi connectivity index (χ1n) is 5.37. The van der Waals surface area contributed by atoms with Gasteiger partial charge in [-0.05, 0) is 24.3 Å². The minimum atomic E-state index is -0.454. The van der Waals surface area contributed by atoms with Crippen molar-refractivity contribution in [1.82, 2.24) is 9.97 Å². The Morgan fingerprint density at radius 3 is 2.42 bits per heavy atom. The zero-order chi connectivity index (χ0) is 13.8. The second kappa shape index (κ2) is 5.21. The highest BCUT2D eigenvalue weighted by atomic mass is 16.5. The van der Waals surface area contributed by atoms with E-state index in [0.29, 0.717) is 11.3 Å². The van der Waals surface area contributed by atoms with Gasteiger partial charge in [-0.15, -0.1) is 0 Å². The number of amides is 1. The fourth-order valence-corrected chi connectivity index (χ4v) is 1.46. The van der Waals surface area contributed by atoms with Gasteiger partial charge in [0.05, 0.1) is 12.7 Å². The molecule has 0 saturated carbocycles. The summed E-state index contributed by atoms with van der Waals surface area (Å²) in [5, 5.41) is 2.57. The van der Waals surface area contributed by atoms with Crippen molar-refractivity contribution in [3.05, 3.63) is 52.2 Å². The molecule has 0 saturated heterocycles. The lowest BCUT2D eigenvalue weighted by Crippen LogP contribution is -2.14. The van der Waals surface area contributed by atoms with E-state index in [1.807, 2.05) is 0 Å². The average molecular weight is 261 g/mol. The van der Waals surface area contributed by atoms with Crippen molar-refractivity contribution in [2.75, 3.05) is 12.4 Å². The summed E-state index contributed by atoms with van der Waals surface area (Å²) >= 11 is 0. The molecule has 1 heterocycles. The van der Waals surface area contributed by atoms with Crippen molar-refractivity contribution in [3.63, 3.8) is 0 Å². The van der Waals surface area contributed by atoms with Crippen LogP contribution in [-0.2, 0) is 4.74 Å². The number of hydrogen-bond donors (Lipinski definition) is 3. The quantitative estimate of drug-likeness (QED) is 0.709. The molecule has 1 aromatic heterocycles. The molecule has 98 valence electrons. The normalized spacial score (nSPS) is 9.95. The van der Waals surface area contributed by atoms with Gasteiger partial charge in [-0.2, -0.15) is 0 Å². The van der Waals surface area contributed by atoms with Crippen molar-refractivity contribution >= 4 is 17.6 Å². The van der Waals surface area contributed by atoms with Gasteiger partial charge in [0, 0.05) is 11.9 Å². The number of benzene rings is 1. The first-order valence-corrected chi connectivity index (χ1v) is 5.37. The number of imidazole rings is 1. The Balaban J connectivity index is 2.09. The van der Waals surface area contributed by atoms with Crippen LogP contribution in [0.1, 0.15) is 20.8 Å². The van der Waals surface area contributed by atoms with E-state index in [2.05, 4.69) is 20.0 Å². The predicted octanol–water partition coefficient (Wildman–Crippen LogP) is 0.742. The molecule has 0 fully saturated rings. The van der Waals surface area contributed by atoms with Crippen LogP contribution in [0.25, 0.3) is 0 Å². The van der Waals surface area contributed by atoms with Crippen molar-refractivity contribution in [2.24, 2.45) is 0 Å². The van der Waals surface area contributed by atoms with Gasteiger partial charge in [-0.1, -0.05) is 0 Å². The fourth-order valence-electron chi connectivity index (χ4n) is 1.46. The second-order valence-corrected chi connectivity index (χ2v) is 3.68. The van der Waals surface area contributed by atoms with E-state index in [-0.39, 0.29) is 5.69 Å². The number of methoxy groups -OCH3 is 1. The molecule has 0 atom stereocenters. The third-order valence-electron chi connectivity index (χ3n) is 2.40. The molecule has 0 aliphatic carbocycles. The van der Waals surface area contributed by atoms with E-state index < -0.39 is 17.6 Å². The van der Waals surface area contributed by atoms with E-state index in [4.69, 9.17) is 0 Å². The molecule has 7 heteroatoms. The lowest BCUT2D eigenvalue weighted by Gasteiger charge is -2.04. The van der Waals surface area contributed by atoms with Gasteiger partial charge >= 0.3 is 11.7 Å². The SMILES string of the molecule is COC(=O)c1ccc(NC(=O)c2c[nH]c(=O)[nH]2)cc1. The Bertz CT molecular complexity index is 654. The molecule has 0 unspecified atom stereocenters. The number of carbonyl (C=O) groups is 2. The summed E-state index contributed by atoms with van der Waals surface area (Å²) in [6, 6.07) is 6.19. The molecular formula is C12H11N3O4. The van der Waals surface area contributed by atoms with Crippen LogP contribution in [0.3, 0.4) is 0 Å². The van der Waals surface area contributed by atoms with Gasteiger partial charge in [-0.25, -0.2) is 9.59 Å². The summed E-state index contributed by atoms with van der Waals surface area (Å²) in [5.41, 5.74) is 0.559. The molecule has 1 amide bonds. The number of nitrogens with one attached hydrogen (secondary N) is 3. The maximum atomic E-state index is 11.7. The molecule has 0 bridgehead atoms. The van der Waals surface area contributed by atoms with Crippen molar-refractivity contribution in [2.45, 2.75) is 0 Å². The van der Waals surface area contributed by atoms with Gasteiger partial charge < -0.3 is 20.0 Å². The van der Waals surface area contributed by atoms with E-state index in [0.717, 1.165) is 0 Å². The highest BCUT2D eigenvalue weighted by Gasteiger charge is 2.09. The van der Waals surface area contributed by atoms with Crippen LogP contribution in [0.5, 0.6) is 0 Å². The van der Waals surface area contributed by atoms with Gasteiger partial charge in [0.2, 0.25) is 0 Å². The van der Waals surface area contributed by atoms with Crippen LogP contribution in [0.4, 0.5) is 5.69 Å². The van der Waals surface area contributed by atoms with Crippen LogP contribution in [-0.4, -0.2) is 29.0 Å². The summed E-state index contributed by atoms with van der Waals surface area (Å²) in [6.07, 6.45) is 1.28. The maximum absolute atomic E-state index is 11.7. The monoisotopic (exact) mass is 261 g/mol. The molecule has 0 spiro atoms. The van der Waals surface area contributed by atoms with Crippen molar-refractivity contribution in [1.29, 1.82) is 0 Å². The number of rotatable bonds is 3. The zero-order valence-corrected chi connectivity index (χ0v) is 10.0. The number of carbonyl (C=O) groups excluding carboxylic acids is 2. The Morgan fingerprint density at radius 1 is 1.21 bits per heavy atom. The molecule has 1 aromatic carbocycles. The van der Waals surface area contributed by atoms with E-state index in [1.54, 1.807) is 12.1 Å². The molecule has 2 rings (SSSR count). The number of H-pyrrole nitrogens is 2. The molecule has 19 heavy (non-hydrogen) atoms. The smallest absolute Gasteiger partial charge is 0.337 e. The summed E-state index contributed by atoms with van der Waals surface area (Å²) in [5.74, 6) is -0.906. The van der Waals surface area contributed by atoms with Gasteiger partial charge in [0.25, 0.3) is 5.91 Å². The van der Waals surface area contributed by atoms with Gasteiger partial charge in [-0.3, -0.25) is 4.79 Å². The molecular weight excluding hydrogens is 250 g/mol. The Morgan fingerprint density at radius 2 is 1.89 bits per heavy atom. The second-order valence-electron chi connectivity index (χ2n) is 3.68. The largest absolute Gasteiger partial charge is 0.465 e. The number of aromatic amines is 2. The molecule has 2 aromatic rings. The minimum absolute atomic E-state index is 0.127. The molecule has 7 nitrogen and oxygen atoms in total. The highest BCUT2D eigenvalue weighted by molar-refractivity contribution is 6.02. The Kier molecular flexibility index (Phi) is 3.46. The molecule has 0 aliphatic heterocycles. The maximum Gasteiger partial charge on any atom is 0.337 e. The summed E-state index contributed by atoms with van der Waals surface area (Å²) in [6.45, 7) is 0. The van der Waals surface area contributed by atoms with E-state index in [9.17, 15) is 14.4 Å². The highest BCUT2D eigenvalue weighted by Crippen LogP contribution is 2.11. The number of aromatic nitrogens is 2. The Hall–Kier alpha value is -2.83. The number of hydrogen-bond acceptors (Lipinski definition) is 4. The van der Waals surface area contributed by atoms with E-state index >= 15 is 0 Å². The summed E-state index contributed by atoms with van der Waals surface area (Å²) in [4.78, 5) is 38.5. The lowest BCUT2D eigenvalue weighted by atomic mass is 10.2. The molecule has 0 radical (unpaired) electrons. The fraction of sp³-hybridized carbons (Fsp3) is 0.0833. The number of esters is 1. The topological polar surface area (TPSA) is 104 Å². The molecule has 3 N–H and O–H groups in total. The van der Waals surface area contributed by atoms with E-state index in [1.165, 1.54) is 25.4 Å². The van der Waals surface area contributed by atoms with Crippen LogP contribution in [0.15, 0.2) is 35.3 Å². The minimum Gasteiger partial charge on any atom is -0.465 e. The van der Waals surface area contributed by atoms with Crippen molar-refractivity contribution in [3.8, 4) is 0 Å². The van der Waals surface area contributed by atoms with Crippen LogP contribution >= 0.6 is 0 Å². The van der Waals surface area contributed by atoms with Crippen LogP contribution in [0.2, 0.25) is 0 Å². The summed E-state index contributed by atoms with van der Waals surface area (Å²) < 4.78 is 4.56. The first-order chi connectivity index (χ1) is 9.10. The first kappa shape index (κ1) is 12.6. The van der Waals surface area contributed by atoms with Gasteiger partial charge in [0.1, 0.15) is 5.69 Å². The van der Waals surface area contributed by atoms with Gasteiger partial charge in [0.15, 0.2) is 0 Å². The summed E-state index contributed by atoms with van der Waals surface area (Å²) in [7, 11) is 1.29. The standard InChI is InChI=1S/C12H11N3O4/c1-19-11(17)7-2-4-8(5-3-7)14-10(16)9-6-13-12(18)15-9/h2-6H,1H3,(H,14,16)(H2,13,15,18).